The number of nitrogens with one attached hydrogen (secondary N) is 1. The predicted molar refractivity (Wildman–Crippen MR) is 75.9 cm³/mol. The standard InChI is InChI=1S/C13H13FN4O2S/c14-9-4-1-2-5-10(9)20-8-11(19)15-12-16-17-13-18(12)6-3-7-21-13/h1-2,4-5H,3,6-8H2,(H,15,16,19). The van der Waals surface area contributed by atoms with E-state index in [0.717, 1.165) is 23.9 Å². The van der Waals surface area contributed by atoms with Gasteiger partial charge in [-0.05, 0) is 18.6 Å². The van der Waals surface area contributed by atoms with Crippen molar-refractivity contribution in [1.29, 1.82) is 0 Å². The van der Waals surface area contributed by atoms with Gasteiger partial charge in [0.15, 0.2) is 23.3 Å². The van der Waals surface area contributed by atoms with Crippen LogP contribution in [0.5, 0.6) is 5.75 Å². The number of hydrogen-bond acceptors (Lipinski definition) is 5. The molecule has 0 radical (unpaired) electrons. The lowest BCUT2D eigenvalue weighted by atomic mass is 10.3. The lowest BCUT2D eigenvalue weighted by molar-refractivity contribution is -0.118. The summed E-state index contributed by atoms with van der Waals surface area (Å²) in [6, 6.07) is 5.95. The number of fused-ring (bicyclic) bond motifs is 1. The average molecular weight is 308 g/mol. The van der Waals surface area contributed by atoms with Crippen LogP contribution in [0.1, 0.15) is 6.42 Å². The summed E-state index contributed by atoms with van der Waals surface area (Å²) in [7, 11) is 0. The number of carbonyl (C=O) groups is 1. The quantitative estimate of drug-likeness (QED) is 0.934. The Labute approximate surface area is 124 Å². The van der Waals surface area contributed by atoms with Crippen molar-refractivity contribution in [3.63, 3.8) is 0 Å². The Hall–Kier alpha value is -2.09. The smallest absolute Gasteiger partial charge is 0.264 e. The third-order valence-electron chi connectivity index (χ3n) is 2.92. The SMILES string of the molecule is O=C(COc1ccccc1F)Nc1nnc2n1CCCS2. The van der Waals surface area contributed by atoms with Crippen LogP contribution in [0.2, 0.25) is 0 Å². The number of rotatable bonds is 4. The zero-order valence-corrected chi connectivity index (χ0v) is 11.9. The second kappa shape index (κ2) is 6.13. The summed E-state index contributed by atoms with van der Waals surface area (Å²) in [6.45, 7) is 0.495. The number of thioether (sulfide) groups is 1. The van der Waals surface area contributed by atoms with E-state index in [2.05, 4.69) is 15.5 Å². The molecular weight excluding hydrogens is 295 g/mol. The molecule has 1 aliphatic rings. The molecule has 8 heteroatoms. The number of benzene rings is 1. The maximum absolute atomic E-state index is 13.4. The Balaban J connectivity index is 1.60. The van der Waals surface area contributed by atoms with E-state index in [4.69, 9.17) is 4.74 Å². The number of anilines is 1. The van der Waals surface area contributed by atoms with Gasteiger partial charge >= 0.3 is 0 Å². The minimum Gasteiger partial charge on any atom is -0.481 e. The number of para-hydroxylation sites is 1. The van der Waals surface area contributed by atoms with E-state index < -0.39 is 11.7 Å². The number of aromatic nitrogens is 3. The molecule has 21 heavy (non-hydrogen) atoms. The molecule has 0 fully saturated rings. The first-order valence-corrected chi connectivity index (χ1v) is 7.46. The van der Waals surface area contributed by atoms with Gasteiger partial charge < -0.3 is 4.74 Å². The van der Waals surface area contributed by atoms with Crippen molar-refractivity contribution >= 4 is 23.6 Å². The summed E-state index contributed by atoms with van der Waals surface area (Å²) >= 11 is 1.61. The lowest BCUT2D eigenvalue weighted by Crippen LogP contribution is -2.23. The molecule has 0 unspecified atom stereocenters. The number of ether oxygens (including phenoxy) is 1. The largest absolute Gasteiger partial charge is 0.481 e. The van der Waals surface area contributed by atoms with Crippen molar-refractivity contribution in [3.8, 4) is 5.75 Å². The van der Waals surface area contributed by atoms with E-state index in [1.54, 1.807) is 23.9 Å². The summed E-state index contributed by atoms with van der Waals surface area (Å²) < 4.78 is 20.4. The summed E-state index contributed by atoms with van der Waals surface area (Å²) in [5, 5.41) is 11.4. The molecule has 1 aromatic heterocycles. The van der Waals surface area contributed by atoms with Gasteiger partial charge in [0.2, 0.25) is 5.95 Å². The van der Waals surface area contributed by atoms with Crippen LogP contribution < -0.4 is 10.1 Å². The Kier molecular flexibility index (Phi) is 4.05. The van der Waals surface area contributed by atoms with Crippen LogP contribution in [-0.2, 0) is 11.3 Å². The van der Waals surface area contributed by atoms with Crippen molar-refractivity contribution in [2.24, 2.45) is 0 Å². The zero-order chi connectivity index (χ0) is 14.7. The van der Waals surface area contributed by atoms with Crippen LogP contribution in [0.25, 0.3) is 0 Å². The third kappa shape index (κ3) is 3.15. The van der Waals surface area contributed by atoms with Crippen molar-refractivity contribution in [2.45, 2.75) is 18.1 Å². The van der Waals surface area contributed by atoms with Gasteiger partial charge in [-0.1, -0.05) is 23.9 Å². The minimum atomic E-state index is -0.499. The van der Waals surface area contributed by atoms with E-state index in [1.165, 1.54) is 12.1 Å². The first-order chi connectivity index (χ1) is 10.2. The fourth-order valence-corrected chi connectivity index (χ4v) is 2.83. The molecule has 0 saturated carbocycles. The van der Waals surface area contributed by atoms with Gasteiger partial charge in [-0.15, -0.1) is 10.2 Å². The van der Waals surface area contributed by atoms with Crippen LogP contribution in [0.3, 0.4) is 0 Å². The number of carbonyl (C=O) groups excluding carboxylic acids is 1. The summed E-state index contributed by atoms with van der Waals surface area (Å²) in [6.07, 6.45) is 1.00. The molecule has 0 atom stereocenters. The first-order valence-electron chi connectivity index (χ1n) is 6.47. The normalized spacial score (nSPS) is 13.6. The highest BCUT2D eigenvalue weighted by Gasteiger charge is 2.18. The van der Waals surface area contributed by atoms with Gasteiger partial charge in [-0.25, -0.2) is 4.39 Å². The topological polar surface area (TPSA) is 69.0 Å². The number of nitrogens with zero attached hydrogens (tertiary/aromatic N) is 3. The van der Waals surface area contributed by atoms with Gasteiger partial charge in [-0.2, -0.15) is 0 Å². The Bertz CT molecular complexity index is 661. The highest BCUT2D eigenvalue weighted by atomic mass is 32.2. The predicted octanol–water partition coefficient (Wildman–Crippen LogP) is 1.93. The molecule has 0 aliphatic carbocycles. The molecule has 1 amide bonds. The highest BCUT2D eigenvalue weighted by Crippen LogP contribution is 2.25. The Morgan fingerprint density at radius 1 is 1.43 bits per heavy atom. The summed E-state index contributed by atoms with van der Waals surface area (Å²) in [5.41, 5.74) is 0. The molecule has 0 spiro atoms. The number of amides is 1. The van der Waals surface area contributed by atoms with Gasteiger partial charge in [0.05, 0.1) is 0 Å². The monoisotopic (exact) mass is 308 g/mol. The molecule has 3 rings (SSSR count). The fourth-order valence-electron chi connectivity index (χ4n) is 1.94. The van der Waals surface area contributed by atoms with Crippen LogP contribution in [0.4, 0.5) is 10.3 Å². The zero-order valence-electron chi connectivity index (χ0n) is 11.1. The first kappa shape index (κ1) is 13.9. The van der Waals surface area contributed by atoms with E-state index >= 15 is 0 Å². The van der Waals surface area contributed by atoms with Gasteiger partial charge in [0.1, 0.15) is 0 Å². The van der Waals surface area contributed by atoms with Crippen LogP contribution in [-0.4, -0.2) is 33.0 Å². The third-order valence-corrected chi connectivity index (χ3v) is 3.97. The second-order valence-electron chi connectivity index (χ2n) is 4.43. The summed E-state index contributed by atoms with van der Waals surface area (Å²) in [5.74, 6) is 0.555. The highest BCUT2D eigenvalue weighted by molar-refractivity contribution is 7.99. The lowest BCUT2D eigenvalue weighted by Gasteiger charge is -2.14. The maximum atomic E-state index is 13.4. The van der Waals surface area contributed by atoms with E-state index in [1.807, 2.05) is 4.57 Å². The van der Waals surface area contributed by atoms with E-state index in [-0.39, 0.29) is 12.4 Å². The number of halogens is 1. The maximum Gasteiger partial charge on any atom is 0.264 e. The molecule has 2 aromatic rings. The molecule has 1 aliphatic heterocycles. The molecule has 110 valence electrons. The molecule has 1 N–H and O–H groups in total. The van der Waals surface area contributed by atoms with Crippen LogP contribution >= 0.6 is 11.8 Å². The fraction of sp³-hybridized carbons (Fsp3) is 0.308. The Morgan fingerprint density at radius 3 is 3.14 bits per heavy atom. The van der Waals surface area contributed by atoms with Gasteiger partial charge in [0, 0.05) is 12.3 Å². The van der Waals surface area contributed by atoms with Crippen molar-refractivity contribution in [3.05, 3.63) is 30.1 Å². The van der Waals surface area contributed by atoms with Gasteiger partial charge in [0.25, 0.3) is 5.91 Å². The number of hydrogen-bond donors (Lipinski definition) is 1. The summed E-state index contributed by atoms with van der Waals surface area (Å²) in [4.78, 5) is 11.8. The van der Waals surface area contributed by atoms with Crippen molar-refractivity contribution < 1.29 is 13.9 Å². The molecule has 1 aromatic carbocycles. The molecule has 0 saturated heterocycles. The van der Waals surface area contributed by atoms with E-state index in [0.29, 0.717) is 5.95 Å². The van der Waals surface area contributed by atoms with E-state index in [9.17, 15) is 9.18 Å². The average Bonchev–Trinajstić information content (AvgIpc) is 2.90. The van der Waals surface area contributed by atoms with Crippen LogP contribution in [0.15, 0.2) is 29.4 Å². The van der Waals surface area contributed by atoms with Gasteiger partial charge in [-0.3, -0.25) is 14.7 Å². The minimum absolute atomic E-state index is 0.0477. The van der Waals surface area contributed by atoms with Crippen LogP contribution in [0, 0.1) is 5.82 Å². The second-order valence-corrected chi connectivity index (χ2v) is 5.49. The molecule has 0 bridgehead atoms. The molecular formula is C13H13FN4O2S. The molecule has 2 heterocycles. The molecule has 6 nitrogen and oxygen atoms in total. The Morgan fingerprint density at radius 2 is 2.29 bits per heavy atom. The van der Waals surface area contributed by atoms with Crippen molar-refractivity contribution in [1.82, 2.24) is 14.8 Å². The van der Waals surface area contributed by atoms with Crippen molar-refractivity contribution in [2.75, 3.05) is 17.7 Å².